The highest BCUT2D eigenvalue weighted by Crippen LogP contribution is 2.27. The molecule has 2 aromatic rings. The number of rotatable bonds is 3. The average molecular weight is 325 g/mol. The number of amides is 2. The van der Waals surface area contributed by atoms with Crippen molar-refractivity contribution in [3.05, 3.63) is 30.0 Å². The fourth-order valence-corrected chi connectivity index (χ4v) is 3.85. The second kappa shape index (κ2) is 6.30. The zero-order valence-electron chi connectivity index (χ0n) is 13.8. The molecule has 4 rings (SSSR count). The molecule has 0 unspecified atom stereocenters. The van der Waals surface area contributed by atoms with Crippen molar-refractivity contribution < 1.29 is 9.59 Å². The van der Waals surface area contributed by atoms with Crippen molar-refractivity contribution >= 4 is 28.4 Å². The van der Waals surface area contributed by atoms with Gasteiger partial charge < -0.3 is 15.2 Å². The van der Waals surface area contributed by atoms with E-state index in [1.807, 2.05) is 29.2 Å². The Hall–Kier alpha value is -2.30. The molecule has 2 N–H and O–H groups in total. The summed E-state index contributed by atoms with van der Waals surface area (Å²) in [5, 5.41) is 3.98. The summed E-state index contributed by atoms with van der Waals surface area (Å²) in [4.78, 5) is 29.8. The Kier molecular flexibility index (Phi) is 4.00. The van der Waals surface area contributed by atoms with Gasteiger partial charge in [-0.05, 0) is 49.9 Å². The third kappa shape index (κ3) is 2.90. The number of anilines is 1. The maximum Gasteiger partial charge on any atom is 0.270 e. The number of fused-ring (bicyclic) bond motifs is 1. The molecule has 126 valence electrons. The summed E-state index contributed by atoms with van der Waals surface area (Å²) in [7, 11) is 0. The number of aromatic nitrogens is 1. The van der Waals surface area contributed by atoms with E-state index in [4.69, 9.17) is 0 Å². The Balaban J connectivity index is 1.52. The van der Waals surface area contributed by atoms with Gasteiger partial charge in [-0.1, -0.05) is 12.8 Å². The smallest absolute Gasteiger partial charge is 0.270 e. The van der Waals surface area contributed by atoms with E-state index in [-0.39, 0.29) is 17.7 Å². The van der Waals surface area contributed by atoms with Gasteiger partial charge >= 0.3 is 0 Å². The number of hydrogen-bond donors (Lipinski definition) is 2. The van der Waals surface area contributed by atoms with E-state index < -0.39 is 0 Å². The van der Waals surface area contributed by atoms with Crippen molar-refractivity contribution in [3.63, 3.8) is 0 Å². The molecule has 2 aliphatic rings. The van der Waals surface area contributed by atoms with E-state index in [0.717, 1.165) is 68.2 Å². The Bertz CT molecular complexity index is 768. The molecule has 1 aromatic heterocycles. The predicted octanol–water partition coefficient (Wildman–Crippen LogP) is 3.53. The van der Waals surface area contributed by atoms with E-state index in [1.165, 1.54) is 0 Å². The zero-order valence-corrected chi connectivity index (χ0v) is 13.8. The average Bonchev–Trinajstić information content (AvgIpc) is 3.33. The van der Waals surface area contributed by atoms with Crippen molar-refractivity contribution in [1.82, 2.24) is 9.88 Å². The third-order valence-electron chi connectivity index (χ3n) is 5.24. The minimum Gasteiger partial charge on any atom is -0.351 e. The van der Waals surface area contributed by atoms with Crippen LogP contribution >= 0.6 is 0 Å². The lowest BCUT2D eigenvalue weighted by Crippen LogP contribution is -2.27. The third-order valence-corrected chi connectivity index (χ3v) is 5.24. The summed E-state index contributed by atoms with van der Waals surface area (Å²) in [5.41, 5.74) is 2.36. The Morgan fingerprint density at radius 2 is 1.79 bits per heavy atom. The van der Waals surface area contributed by atoms with Crippen LogP contribution in [0.5, 0.6) is 0 Å². The van der Waals surface area contributed by atoms with Crippen molar-refractivity contribution in [2.45, 2.75) is 38.5 Å². The van der Waals surface area contributed by atoms with Crippen LogP contribution in [-0.2, 0) is 4.79 Å². The summed E-state index contributed by atoms with van der Waals surface area (Å²) >= 11 is 0. The summed E-state index contributed by atoms with van der Waals surface area (Å²) in [6.07, 6.45) is 6.46. The fourth-order valence-electron chi connectivity index (χ4n) is 3.85. The molecule has 1 saturated heterocycles. The van der Waals surface area contributed by atoms with E-state index >= 15 is 0 Å². The van der Waals surface area contributed by atoms with Gasteiger partial charge in [-0.25, -0.2) is 0 Å². The van der Waals surface area contributed by atoms with Crippen LogP contribution in [-0.4, -0.2) is 34.8 Å². The Morgan fingerprint density at radius 3 is 2.54 bits per heavy atom. The number of hydrogen-bond acceptors (Lipinski definition) is 2. The first kappa shape index (κ1) is 15.2. The zero-order chi connectivity index (χ0) is 16.5. The predicted molar refractivity (Wildman–Crippen MR) is 94.0 cm³/mol. The second-order valence-corrected chi connectivity index (χ2v) is 6.95. The van der Waals surface area contributed by atoms with E-state index in [1.54, 1.807) is 0 Å². The number of H-pyrrole nitrogens is 1. The number of nitrogens with one attached hydrogen (secondary N) is 2. The van der Waals surface area contributed by atoms with Crippen molar-refractivity contribution in [2.75, 3.05) is 18.4 Å². The van der Waals surface area contributed by atoms with Gasteiger partial charge in [0, 0.05) is 35.6 Å². The first-order valence-corrected chi connectivity index (χ1v) is 8.93. The van der Waals surface area contributed by atoms with Gasteiger partial charge in [0.1, 0.15) is 5.69 Å². The fraction of sp³-hybridized carbons (Fsp3) is 0.474. The molecule has 5 heteroatoms. The lowest BCUT2D eigenvalue weighted by molar-refractivity contribution is -0.119. The van der Waals surface area contributed by atoms with Gasteiger partial charge in [-0.2, -0.15) is 0 Å². The molecule has 0 radical (unpaired) electrons. The second-order valence-electron chi connectivity index (χ2n) is 6.95. The minimum atomic E-state index is 0.0697. The molecule has 0 bridgehead atoms. The molecule has 1 aliphatic heterocycles. The van der Waals surface area contributed by atoms with Gasteiger partial charge in [0.05, 0.1) is 0 Å². The molecule has 1 aromatic carbocycles. The quantitative estimate of drug-likeness (QED) is 0.906. The lowest BCUT2D eigenvalue weighted by Gasteiger charge is -2.13. The molecule has 2 fully saturated rings. The van der Waals surface area contributed by atoms with Crippen LogP contribution in [0, 0.1) is 5.92 Å². The van der Waals surface area contributed by atoms with Gasteiger partial charge in [0.15, 0.2) is 0 Å². The van der Waals surface area contributed by atoms with Crippen LogP contribution in [0.1, 0.15) is 49.0 Å². The molecule has 2 heterocycles. The molecule has 1 saturated carbocycles. The molecular formula is C19H23N3O2. The van der Waals surface area contributed by atoms with Crippen LogP contribution < -0.4 is 5.32 Å². The van der Waals surface area contributed by atoms with Crippen molar-refractivity contribution in [3.8, 4) is 0 Å². The van der Waals surface area contributed by atoms with Crippen molar-refractivity contribution in [1.29, 1.82) is 0 Å². The summed E-state index contributed by atoms with van der Waals surface area (Å²) in [5.74, 6) is 0.343. The number of nitrogens with zero attached hydrogens (tertiary/aromatic N) is 1. The highest BCUT2D eigenvalue weighted by molar-refractivity contribution is 6.00. The maximum absolute atomic E-state index is 12.5. The molecule has 0 atom stereocenters. The number of benzene rings is 1. The highest BCUT2D eigenvalue weighted by atomic mass is 16.2. The van der Waals surface area contributed by atoms with Crippen LogP contribution in [0.25, 0.3) is 10.9 Å². The lowest BCUT2D eigenvalue weighted by atomic mass is 10.1. The standard InChI is InChI=1S/C19H23N3O2/c23-18(13-5-1-2-6-13)20-15-7-8-16-14(11-15)12-17(21-16)19(24)22-9-3-4-10-22/h7-8,11-13,21H,1-6,9-10H2,(H,20,23). The van der Waals surface area contributed by atoms with Crippen LogP contribution in [0.15, 0.2) is 24.3 Å². The molecular weight excluding hydrogens is 302 g/mol. The minimum absolute atomic E-state index is 0.0697. The van der Waals surface area contributed by atoms with Crippen molar-refractivity contribution in [2.24, 2.45) is 5.92 Å². The first-order chi connectivity index (χ1) is 11.7. The van der Waals surface area contributed by atoms with E-state index in [2.05, 4.69) is 10.3 Å². The maximum atomic E-state index is 12.5. The largest absolute Gasteiger partial charge is 0.351 e. The SMILES string of the molecule is O=C(Nc1ccc2[nH]c(C(=O)N3CCCC3)cc2c1)C1CCCC1. The van der Waals surface area contributed by atoms with Gasteiger partial charge in [0.25, 0.3) is 5.91 Å². The monoisotopic (exact) mass is 325 g/mol. The van der Waals surface area contributed by atoms with Crippen LogP contribution in [0.4, 0.5) is 5.69 Å². The number of carbonyl (C=O) groups is 2. The Morgan fingerprint density at radius 1 is 1.04 bits per heavy atom. The summed E-state index contributed by atoms with van der Waals surface area (Å²) in [6.45, 7) is 1.69. The van der Waals surface area contributed by atoms with Gasteiger partial charge in [-0.15, -0.1) is 0 Å². The van der Waals surface area contributed by atoms with Crippen LogP contribution in [0.3, 0.4) is 0 Å². The topological polar surface area (TPSA) is 65.2 Å². The number of likely N-dealkylation sites (tertiary alicyclic amines) is 1. The van der Waals surface area contributed by atoms with E-state index in [9.17, 15) is 9.59 Å². The normalized spacial score (nSPS) is 18.4. The molecule has 0 spiro atoms. The highest BCUT2D eigenvalue weighted by Gasteiger charge is 2.23. The summed E-state index contributed by atoms with van der Waals surface area (Å²) in [6, 6.07) is 7.66. The molecule has 2 amide bonds. The molecule has 24 heavy (non-hydrogen) atoms. The Labute approximate surface area is 141 Å². The summed E-state index contributed by atoms with van der Waals surface area (Å²) < 4.78 is 0. The van der Waals surface area contributed by atoms with Gasteiger partial charge in [0.2, 0.25) is 5.91 Å². The first-order valence-electron chi connectivity index (χ1n) is 8.93. The number of carbonyl (C=O) groups excluding carboxylic acids is 2. The van der Waals surface area contributed by atoms with Gasteiger partial charge in [-0.3, -0.25) is 9.59 Å². The molecule has 1 aliphatic carbocycles. The number of aromatic amines is 1. The van der Waals surface area contributed by atoms with Crippen LogP contribution in [0.2, 0.25) is 0 Å². The van der Waals surface area contributed by atoms with E-state index in [0.29, 0.717) is 5.69 Å². The molecule has 5 nitrogen and oxygen atoms in total.